The fraction of sp³-hybridized carbons (Fsp3) is 0.545. The zero-order valence-electron chi connectivity index (χ0n) is 17.4. The smallest absolute Gasteiger partial charge is 0.230 e. The maximum absolute atomic E-state index is 14.3. The first kappa shape index (κ1) is 19.9. The number of amides is 1. The lowest BCUT2D eigenvalue weighted by atomic mass is 9.78. The van der Waals surface area contributed by atoms with E-state index in [0.717, 1.165) is 50.4 Å². The summed E-state index contributed by atoms with van der Waals surface area (Å²) in [5, 5.41) is 0. The van der Waals surface area contributed by atoms with Gasteiger partial charge in [-0.1, -0.05) is 0 Å². The van der Waals surface area contributed by atoms with E-state index in [0.29, 0.717) is 24.4 Å². The highest BCUT2D eigenvalue weighted by atomic mass is 19.1. The highest BCUT2D eigenvalue weighted by molar-refractivity contribution is 5.84. The number of rotatable bonds is 5. The molecule has 4 rings (SSSR count). The zero-order chi connectivity index (χ0) is 20.6. The molecule has 0 unspecified atom stereocenters. The molecule has 0 saturated carbocycles. The summed E-state index contributed by atoms with van der Waals surface area (Å²) in [6.45, 7) is 5.43. The third-order valence-corrected chi connectivity index (χ3v) is 6.57. The monoisotopic (exact) mass is 400 g/mol. The molecular weight excluding hydrogens is 371 g/mol. The van der Waals surface area contributed by atoms with Crippen LogP contribution >= 0.6 is 0 Å². The number of aromatic nitrogens is 2. The Labute approximate surface area is 171 Å². The molecule has 2 fully saturated rings. The summed E-state index contributed by atoms with van der Waals surface area (Å²) in [6, 6.07) is 4.70. The Balaban J connectivity index is 1.47. The standard InChI is InChI=1S/C22H29FN4O2/c1-16-24-12-18(25(16)2)14-26-10-8-22(15-26)7-4-9-27(21(22)28)13-17-11-19(29-3)5-6-20(17)23/h5-6,11-12H,4,7-10,13-15H2,1-3H3/t22-/m0/s1. The van der Waals surface area contributed by atoms with Gasteiger partial charge in [-0.25, -0.2) is 9.37 Å². The normalized spacial score (nSPS) is 22.6. The molecule has 0 aliphatic carbocycles. The van der Waals surface area contributed by atoms with Crippen molar-refractivity contribution in [1.82, 2.24) is 19.4 Å². The maximum Gasteiger partial charge on any atom is 0.230 e. The van der Waals surface area contributed by atoms with Crippen molar-refractivity contribution >= 4 is 5.91 Å². The van der Waals surface area contributed by atoms with Crippen LogP contribution in [0, 0.1) is 18.2 Å². The largest absolute Gasteiger partial charge is 0.497 e. The molecule has 1 spiro atoms. The number of ether oxygens (including phenoxy) is 1. The van der Waals surface area contributed by atoms with Gasteiger partial charge in [-0.3, -0.25) is 9.69 Å². The molecule has 1 atom stereocenters. The number of halogens is 1. The van der Waals surface area contributed by atoms with E-state index in [2.05, 4.69) is 14.5 Å². The first-order chi connectivity index (χ1) is 13.9. The third-order valence-electron chi connectivity index (χ3n) is 6.57. The van der Waals surface area contributed by atoms with E-state index in [1.807, 2.05) is 25.1 Å². The zero-order valence-corrected chi connectivity index (χ0v) is 17.4. The highest BCUT2D eigenvalue weighted by Gasteiger charge is 2.48. The molecule has 2 aliphatic heterocycles. The van der Waals surface area contributed by atoms with E-state index in [-0.39, 0.29) is 17.1 Å². The van der Waals surface area contributed by atoms with E-state index >= 15 is 0 Å². The second kappa shape index (κ2) is 7.78. The fourth-order valence-corrected chi connectivity index (χ4v) is 4.70. The summed E-state index contributed by atoms with van der Waals surface area (Å²) < 4.78 is 21.6. The van der Waals surface area contributed by atoms with Gasteiger partial charge in [0.05, 0.1) is 18.2 Å². The topological polar surface area (TPSA) is 50.6 Å². The van der Waals surface area contributed by atoms with Crippen LogP contribution in [0.5, 0.6) is 5.75 Å². The van der Waals surface area contributed by atoms with Gasteiger partial charge < -0.3 is 14.2 Å². The van der Waals surface area contributed by atoms with Crippen LogP contribution in [0.1, 0.15) is 36.3 Å². The third kappa shape index (κ3) is 3.75. The first-order valence-corrected chi connectivity index (χ1v) is 10.2. The second-order valence-corrected chi connectivity index (χ2v) is 8.38. The molecule has 156 valence electrons. The maximum atomic E-state index is 14.3. The number of carbonyl (C=O) groups excluding carboxylic acids is 1. The van der Waals surface area contributed by atoms with Crippen molar-refractivity contribution in [2.24, 2.45) is 12.5 Å². The number of carbonyl (C=O) groups is 1. The molecule has 2 aromatic rings. The van der Waals surface area contributed by atoms with Crippen molar-refractivity contribution in [3.8, 4) is 5.75 Å². The molecule has 6 nitrogen and oxygen atoms in total. The summed E-state index contributed by atoms with van der Waals surface area (Å²) in [5.74, 6) is 1.47. The average Bonchev–Trinajstić information content (AvgIpc) is 3.26. The van der Waals surface area contributed by atoms with Gasteiger partial charge in [-0.2, -0.15) is 0 Å². The predicted octanol–water partition coefficient (Wildman–Crippen LogP) is 2.89. The predicted molar refractivity (Wildman–Crippen MR) is 108 cm³/mol. The molecule has 29 heavy (non-hydrogen) atoms. The number of aryl methyl sites for hydroxylation is 1. The van der Waals surface area contributed by atoms with Gasteiger partial charge in [0.15, 0.2) is 0 Å². The van der Waals surface area contributed by atoms with Gasteiger partial charge in [0.25, 0.3) is 0 Å². The van der Waals surface area contributed by atoms with Gasteiger partial charge in [-0.05, 0) is 50.9 Å². The summed E-state index contributed by atoms with van der Waals surface area (Å²) in [7, 11) is 3.59. The van der Waals surface area contributed by atoms with Gasteiger partial charge in [0, 0.05) is 45.0 Å². The van der Waals surface area contributed by atoms with Crippen LogP contribution in [0.25, 0.3) is 0 Å². The molecule has 1 amide bonds. The molecule has 0 bridgehead atoms. The Morgan fingerprint density at radius 3 is 2.79 bits per heavy atom. The van der Waals surface area contributed by atoms with Crippen LogP contribution in [-0.4, -0.2) is 52.0 Å². The van der Waals surface area contributed by atoms with Gasteiger partial charge >= 0.3 is 0 Å². The number of imidazole rings is 1. The number of hydrogen-bond acceptors (Lipinski definition) is 4. The minimum atomic E-state index is -0.346. The Morgan fingerprint density at radius 1 is 1.24 bits per heavy atom. The van der Waals surface area contributed by atoms with Crippen molar-refractivity contribution in [2.75, 3.05) is 26.7 Å². The second-order valence-electron chi connectivity index (χ2n) is 8.38. The van der Waals surface area contributed by atoms with Crippen molar-refractivity contribution in [3.05, 3.63) is 47.3 Å². The summed E-state index contributed by atoms with van der Waals surface area (Å²) in [4.78, 5) is 22.0. The van der Waals surface area contributed by atoms with Crippen LogP contribution in [0.15, 0.2) is 24.4 Å². The fourth-order valence-electron chi connectivity index (χ4n) is 4.70. The minimum Gasteiger partial charge on any atom is -0.497 e. The van der Waals surface area contributed by atoms with E-state index in [1.165, 1.54) is 6.07 Å². The number of likely N-dealkylation sites (tertiary alicyclic amines) is 2. The number of hydrogen-bond donors (Lipinski definition) is 0. The van der Waals surface area contributed by atoms with Crippen LogP contribution in [0.2, 0.25) is 0 Å². The van der Waals surface area contributed by atoms with E-state index in [1.54, 1.807) is 19.2 Å². The van der Waals surface area contributed by atoms with Crippen molar-refractivity contribution in [1.29, 1.82) is 0 Å². The van der Waals surface area contributed by atoms with Crippen LogP contribution < -0.4 is 4.74 Å². The number of piperidine rings is 1. The molecule has 1 aromatic heterocycles. The molecule has 1 aromatic carbocycles. The van der Waals surface area contributed by atoms with E-state index in [4.69, 9.17) is 4.74 Å². The quantitative estimate of drug-likeness (QED) is 0.775. The Morgan fingerprint density at radius 2 is 2.07 bits per heavy atom. The lowest BCUT2D eigenvalue weighted by Crippen LogP contribution is -2.49. The first-order valence-electron chi connectivity index (χ1n) is 10.2. The van der Waals surface area contributed by atoms with Crippen molar-refractivity contribution in [3.63, 3.8) is 0 Å². The average molecular weight is 400 g/mol. The van der Waals surface area contributed by atoms with Crippen LogP contribution in [-0.2, 0) is 24.9 Å². The van der Waals surface area contributed by atoms with E-state index in [9.17, 15) is 9.18 Å². The van der Waals surface area contributed by atoms with Gasteiger partial charge in [0.2, 0.25) is 5.91 Å². The molecular formula is C22H29FN4O2. The number of methoxy groups -OCH3 is 1. The molecule has 0 N–H and O–H groups in total. The lowest BCUT2D eigenvalue weighted by Gasteiger charge is -2.39. The van der Waals surface area contributed by atoms with Crippen molar-refractivity contribution in [2.45, 2.75) is 39.3 Å². The summed E-state index contributed by atoms with van der Waals surface area (Å²) in [5.41, 5.74) is 1.33. The molecule has 7 heteroatoms. The van der Waals surface area contributed by atoms with E-state index < -0.39 is 0 Å². The summed E-state index contributed by atoms with van der Waals surface area (Å²) >= 11 is 0. The van der Waals surface area contributed by atoms with Crippen LogP contribution in [0.4, 0.5) is 4.39 Å². The summed E-state index contributed by atoms with van der Waals surface area (Å²) in [6.07, 6.45) is 4.64. The molecule has 2 aliphatic rings. The Kier molecular flexibility index (Phi) is 5.34. The SMILES string of the molecule is COc1ccc(F)c(CN2CCC[C@@]3(CCN(Cc4cnc(C)n4C)C3)C2=O)c1. The lowest BCUT2D eigenvalue weighted by molar-refractivity contribution is -0.146. The van der Waals surface area contributed by atoms with Crippen molar-refractivity contribution < 1.29 is 13.9 Å². The van der Waals surface area contributed by atoms with Gasteiger partial charge in [0.1, 0.15) is 17.4 Å². The molecule has 2 saturated heterocycles. The minimum absolute atomic E-state index is 0.162. The Hall–Kier alpha value is -2.41. The molecule has 0 radical (unpaired) electrons. The molecule has 3 heterocycles. The van der Waals surface area contributed by atoms with Crippen LogP contribution in [0.3, 0.4) is 0 Å². The number of benzene rings is 1. The van der Waals surface area contributed by atoms with Gasteiger partial charge in [-0.15, -0.1) is 0 Å². The highest BCUT2D eigenvalue weighted by Crippen LogP contribution is 2.41. The number of nitrogens with zero attached hydrogens (tertiary/aromatic N) is 4. The Bertz CT molecular complexity index is 912.